The summed E-state index contributed by atoms with van der Waals surface area (Å²) in [6, 6.07) is 24.1. The zero-order chi connectivity index (χ0) is 51.2. The minimum atomic E-state index is -3.71. The number of hydrogen-bond donors (Lipinski definition) is 8. The largest absolute Gasteiger partial charge is 0.445 e. The average molecular weight is 993 g/mol. The molecule has 0 spiro atoms. The zero-order valence-corrected chi connectivity index (χ0v) is 41.0. The number of amidine groups is 1. The number of urea groups is 1. The van der Waals surface area contributed by atoms with E-state index in [9.17, 15) is 37.5 Å². The number of alkyl carbamates (subject to hydrolysis) is 1. The molecule has 2 heterocycles. The quantitative estimate of drug-likeness (QED) is 0.0509. The monoisotopic (exact) mass is 992 g/mol. The predicted molar refractivity (Wildman–Crippen MR) is 271 cm³/mol. The number of benzene rings is 4. The molecule has 0 unspecified atom stereocenters. The summed E-state index contributed by atoms with van der Waals surface area (Å²) in [5, 5.41) is 20.1. The molecule has 0 radical (unpaired) electrons. The molecule has 0 aromatic heterocycles. The highest BCUT2D eigenvalue weighted by atomic mass is 32.2. The van der Waals surface area contributed by atoms with Crippen LogP contribution in [0.4, 0.5) is 21.0 Å². The number of hydrogen-bond acceptors (Lipinski definition) is 12. The van der Waals surface area contributed by atoms with Gasteiger partial charge in [-0.3, -0.25) is 14.4 Å². The molecule has 2 aliphatic rings. The normalized spacial score (nSPS) is 14.6. The van der Waals surface area contributed by atoms with Gasteiger partial charge in [-0.1, -0.05) is 81.4 Å². The van der Waals surface area contributed by atoms with Gasteiger partial charge in [-0.15, -0.1) is 0 Å². The third-order valence-electron chi connectivity index (χ3n) is 12.1. The maximum atomic E-state index is 14.1. The number of rotatable bonds is 22. The van der Waals surface area contributed by atoms with Crippen molar-refractivity contribution in [3.05, 3.63) is 119 Å². The van der Waals surface area contributed by atoms with E-state index in [1.165, 1.54) is 4.31 Å². The third-order valence-corrected chi connectivity index (χ3v) is 13.9. The second-order valence-corrected chi connectivity index (χ2v) is 20.0. The highest BCUT2D eigenvalue weighted by molar-refractivity contribution is 7.89. The summed E-state index contributed by atoms with van der Waals surface area (Å²) < 4.78 is 33.3. The standard InChI is InChI=1S/C51H64N10O9S/c1-4-21-60(49(65)40-22-39-17-16-38(24-44(39)58-45(52)25-40)37-7-5-8-42(23-37)71(68,69)61-28-36(29-61)30-62)27-34-12-10-33(11-13-34)26-56-51(67)70-31-35-14-18-41(19-15-35)57-47(63)43(9-6-20-55-50(54)66)59-48(64)46(53)32(2)3/h5,7-8,10-19,22-24,32,36,43,46,62H,4,6,9,20-21,25-31,53H2,1-3H3,(H2,52,58)(H,56,67)(H,57,63)(H,59,64)(H3,54,55,66)/t43-,46-/m0/s1. The van der Waals surface area contributed by atoms with Crippen LogP contribution in [0.2, 0.25) is 0 Å². The van der Waals surface area contributed by atoms with E-state index in [0.29, 0.717) is 53.1 Å². The van der Waals surface area contributed by atoms with Gasteiger partial charge < -0.3 is 53.2 Å². The number of amides is 6. The Bertz CT molecular complexity index is 2720. The van der Waals surface area contributed by atoms with E-state index >= 15 is 0 Å². The molecule has 11 N–H and O–H groups in total. The van der Waals surface area contributed by atoms with Crippen LogP contribution in [0.3, 0.4) is 0 Å². The third kappa shape index (κ3) is 14.7. The lowest BCUT2D eigenvalue weighted by molar-refractivity contribution is -0.128. The molecule has 6 rings (SSSR count). The summed E-state index contributed by atoms with van der Waals surface area (Å²) in [5.74, 6) is -1.03. The summed E-state index contributed by atoms with van der Waals surface area (Å²) in [6.45, 7) is 7.33. The van der Waals surface area contributed by atoms with Crippen molar-refractivity contribution < 1.29 is 42.2 Å². The molecule has 6 amide bonds. The van der Waals surface area contributed by atoms with Gasteiger partial charge in [0.05, 0.1) is 16.6 Å². The first-order valence-corrected chi connectivity index (χ1v) is 25.0. The second-order valence-electron chi connectivity index (χ2n) is 18.0. The fourth-order valence-electron chi connectivity index (χ4n) is 7.88. The fraction of sp³-hybridized carbons (Fsp3) is 0.373. The van der Waals surface area contributed by atoms with E-state index in [1.807, 2.05) is 61.5 Å². The lowest BCUT2D eigenvalue weighted by Gasteiger charge is -2.36. The Morgan fingerprint density at radius 3 is 2.27 bits per heavy atom. The van der Waals surface area contributed by atoms with E-state index in [0.717, 1.165) is 23.1 Å². The molecule has 0 aliphatic carbocycles. The molecule has 0 bridgehead atoms. The first-order chi connectivity index (χ1) is 33.9. The molecule has 4 aromatic rings. The number of carbonyl (C=O) groups is 5. The van der Waals surface area contributed by atoms with Gasteiger partial charge in [-0.2, -0.15) is 4.31 Å². The Labute approximate surface area is 414 Å². The number of carbonyl (C=O) groups excluding carboxylic acids is 5. The zero-order valence-electron chi connectivity index (χ0n) is 40.2. The van der Waals surface area contributed by atoms with E-state index in [4.69, 9.17) is 21.9 Å². The number of aliphatic hydroxyl groups excluding tert-OH is 1. The van der Waals surface area contributed by atoms with Crippen molar-refractivity contribution in [2.75, 3.05) is 38.1 Å². The van der Waals surface area contributed by atoms with E-state index in [-0.39, 0.29) is 80.7 Å². The molecule has 2 aliphatic heterocycles. The van der Waals surface area contributed by atoms with E-state index in [2.05, 4.69) is 26.3 Å². The summed E-state index contributed by atoms with van der Waals surface area (Å²) >= 11 is 0. The summed E-state index contributed by atoms with van der Waals surface area (Å²) in [7, 11) is -3.71. The Kier molecular flexibility index (Phi) is 18.5. The maximum absolute atomic E-state index is 14.1. The lowest BCUT2D eigenvalue weighted by Crippen LogP contribution is -2.51. The number of nitrogens with zero attached hydrogens (tertiary/aromatic N) is 3. The SMILES string of the molecule is CCCN(Cc1ccc(CNC(=O)OCc2ccc(NC(=O)[C@H](CCCNC(N)=O)NC(=O)[C@@H](N)C(C)C)cc2)cc1)C(=O)C1=Cc2ccc(-c3cccc(S(=O)(=O)N4CC(CO)C4)c3)cc2N=C(N)C1. The van der Waals surface area contributed by atoms with E-state index in [1.54, 1.807) is 61.2 Å². The topological polar surface area (TPSA) is 294 Å². The predicted octanol–water partition coefficient (Wildman–Crippen LogP) is 4.46. The van der Waals surface area contributed by atoms with Gasteiger partial charge in [0, 0.05) is 75.0 Å². The van der Waals surface area contributed by atoms with Gasteiger partial charge in [0.25, 0.3) is 5.91 Å². The highest BCUT2D eigenvalue weighted by Gasteiger charge is 2.36. The smallest absolute Gasteiger partial charge is 0.407 e. The number of sulfonamides is 1. The summed E-state index contributed by atoms with van der Waals surface area (Å²) in [4.78, 5) is 70.3. The molecule has 19 nitrogen and oxygen atoms in total. The molecule has 20 heteroatoms. The molecule has 1 saturated heterocycles. The van der Waals surface area contributed by atoms with Crippen LogP contribution in [0.25, 0.3) is 17.2 Å². The molecular formula is C51H64N10O9S. The van der Waals surface area contributed by atoms with Gasteiger partial charge in [0.15, 0.2) is 0 Å². The second kappa shape index (κ2) is 24.6. The van der Waals surface area contributed by atoms with Gasteiger partial charge in [-0.25, -0.2) is 23.0 Å². The number of nitrogens with one attached hydrogen (secondary N) is 4. The van der Waals surface area contributed by atoms with Gasteiger partial charge >= 0.3 is 12.1 Å². The lowest BCUT2D eigenvalue weighted by atomic mass is 10.0. The van der Waals surface area contributed by atoms with E-state index < -0.39 is 46.0 Å². The fourth-order valence-corrected chi connectivity index (χ4v) is 9.52. The molecule has 378 valence electrons. The molecular weight excluding hydrogens is 929 g/mol. The number of ether oxygens (including phenoxy) is 1. The highest BCUT2D eigenvalue weighted by Crippen LogP contribution is 2.34. The molecule has 1 fully saturated rings. The van der Waals surface area contributed by atoms with Crippen LogP contribution in [-0.4, -0.2) is 103 Å². The van der Waals surface area contributed by atoms with Crippen LogP contribution in [-0.2, 0) is 48.8 Å². The molecule has 71 heavy (non-hydrogen) atoms. The first-order valence-electron chi connectivity index (χ1n) is 23.6. The van der Waals surface area contributed by atoms with Crippen LogP contribution in [0.5, 0.6) is 0 Å². The van der Waals surface area contributed by atoms with Gasteiger partial charge in [0.2, 0.25) is 21.8 Å². The number of aliphatic imine (C=N–C) groups is 1. The van der Waals surface area contributed by atoms with Crippen molar-refractivity contribution in [2.24, 2.45) is 34.0 Å². The van der Waals surface area contributed by atoms with Gasteiger partial charge in [0.1, 0.15) is 18.5 Å². The Morgan fingerprint density at radius 2 is 1.59 bits per heavy atom. The number of fused-ring (bicyclic) bond motifs is 1. The van der Waals surface area contributed by atoms with Crippen molar-refractivity contribution in [1.29, 1.82) is 0 Å². The summed E-state index contributed by atoms with van der Waals surface area (Å²) in [6.07, 6.45) is 2.64. The average Bonchev–Trinajstić information content (AvgIpc) is 3.50. The molecule has 4 aromatic carbocycles. The van der Waals surface area contributed by atoms with Crippen molar-refractivity contribution in [3.63, 3.8) is 0 Å². The van der Waals surface area contributed by atoms with Crippen molar-refractivity contribution in [2.45, 2.75) is 83.1 Å². The maximum Gasteiger partial charge on any atom is 0.407 e. The molecule has 0 saturated carbocycles. The van der Waals surface area contributed by atoms with Crippen LogP contribution >= 0.6 is 0 Å². The van der Waals surface area contributed by atoms with Crippen molar-refractivity contribution in [3.8, 4) is 11.1 Å². The van der Waals surface area contributed by atoms with Crippen LogP contribution in [0.15, 0.2) is 106 Å². The Hall–Kier alpha value is -7.13. The van der Waals surface area contributed by atoms with Crippen LogP contribution in [0.1, 0.15) is 68.7 Å². The van der Waals surface area contributed by atoms with Crippen LogP contribution < -0.4 is 38.5 Å². The minimum absolute atomic E-state index is 0.0325. The number of aliphatic hydroxyl groups is 1. The number of primary amides is 1. The van der Waals surface area contributed by atoms with Crippen molar-refractivity contribution in [1.82, 2.24) is 25.2 Å². The van der Waals surface area contributed by atoms with Crippen LogP contribution in [0, 0.1) is 11.8 Å². The number of anilines is 1. The van der Waals surface area contributed by atoms with Crippen molar-refractivity contribution >= 4 is 63.2 Å². The molecule has 2 atom stereocenters. The first kappa shape index (κ1) is 53.2. The minimum Gasteiger partial charge on any atom is -0.445 e. The van der Waals surface area contributed by atoms with Gasteiger partial charge in [-0.05, 0) is 89.4 Å². The Morgan fingerprint density at radius 1 is 0.901 bits per heavy atom. The summed E-state index contributed by atoms with van der Waals surface area (Å²) in [5.41, 5.74) is 23.5. The Balaban J connectivity index is 0.995. The number of nitrogens with two attached hydrogens (primary N) is 3.